The summed E-state index contributed by atoms with van der Waals surface area (Å²) in [5.41, 5.74) is 1.80. The van der Waals surface area contributed by atoms with Crippen molar-refractivity contribution in [2.45, 2.75) is 45.2 Å². The van der Waals surface area contributed by atoms with Crippen LogP contribution in [-0.2, 0) is 20.9 Å². The maximum atomic E-state index is 13.7. The van der Waals surface area contributed by atoms with Crippen molar-refractivity contribution in [3.8, 4) is 5.75 Å². The van der Waals surface area contributed by atoms with Gasteiger partial charge in [0.05, 0.1) is 37.8 Å². The summed E-state index contributed by atoms with van der Waals surface area (Å²) in [6.45, 7) is 5.13. The van der Waals surface area contributed by atoms with Crippen LogP contribution in [0.2, 0.25) is 0 Å². The number of fused-ring (bicyclic) bond motifs is 1. The zero-order valence-corrected chi connectivity index (χ0v) is 21.4. The van der Waals surface area contributed by atoms with Gasteiger partial charge in [0, 0.05) is 25.6 Å². The molecule has 1 aromatic carbocycles. The number of nitrogens with one attached hydrogen (secondary N) is 1. The number of esters is 1. The second-order valence-electron chi connectivity index (χ2n) is 9.70. The van der Waals surface area contributed by atoms with Crippen LogP contribution in [-0.4, -0.2) is 70.9 Å². The number of hydrogen-bond acceptors (Lipinski definition) is 9. The molecule has 3 heterocycles. The third-order valence-corrected chi connectivity index (χ3v) is 7.46. The minimum Gasteiger partial charge on any atom is -0.494 e. The van der Waals surface area contributed by atoms with Gasteiger partial charge in [0.25, 0.3) is 0 Å². The van der Waals surface area contributed by atoms with Crippen LogP contribution in [0.5, 0.6) is 5.75 Å². The van der Waals surface area contributed by atoms with Crippen molar-refractivity contribution in [1.29, 1.82) is 0 Å². The van der Waals surface area contributed by atoms with Gasteiger partial charge in [0.2, 0.25) is 0 Å². The Labute approximate surface area is 216 Å². The largest absolute Gasteiger partial charge is 0.494 e. The van der Waals surface area contributed by atoms with Gasteiger partial charge in [-0.2, -0.15) is 5.10 Å². The van der Waals surface area contributed by atoms with Gasteiger partial charge >= 0.3 is 5.97 Å². The molecule has 1 saturated heterocycles. The number of aromatic nitrogens is 4. The molecule has 1 saturated carbocycles. The van der Waals surface area contributed by atoms with E-state index in [2.05, 4.69) is 25.3 Å². The van der Waals surface area contributed by atoms with Gasteiger partial charge in [-0.1, -0.05) is 12.1 Å². The summed E-state index contributed by atoms with van der Waals surface area (Å²) in [7, 11) is 1.42. The Balaban J connectivity index is 1.36. The molecular formula is C27H34N6O4. The van der Waals surface area contributed by atoms with Crippen molar-refractivity contribution in [1.82, 2.24) is 25.1 Å². The first-order valence-corrected chi connectivity index (χ1v) is 13.1. The topological polar surface area (TPSA) is 111 Å². The zero-order chi connectivity index (χ0) is 25.8. The fourth-order valence-electron chi connectivity index (χ4n) is 5.56. The van der Waals surface area contributed by atoms with E-state index in [1.165, 1.54) is 7.11 Å². The number of rotatable bonds is 8. The molecular weight excluding hydrogens is 472 g/mol. The van der Waals surface area contributed by atoms with Gasteiger partial charge < -0.3 is 19.7 Å². The molecule has 1 unspecified atom stereocenters. The first-order valence-electron chi connectivity index (χ1n) is 13.1. The van der Waals surface area contributed by atoms with E-state index in [-0.39, 0.29) is 29.6 Å². The highest BCUT2D eigenvalue weighted by Gasteiger charge is 2.38. The van der Waals surface area contributed by atoms with Crippen molar-refractivity contribution in [2.75, 3.05) is 38.3 Å². The second-order valence-corrected chi connectivity index (χ2v) is 9.70. The monoisotopic (exact) mass is 506 g/mol. The molecule has 196 valence electrons. The van der Waals surface area contributed by atoms with E-state index in [4.69, 9.17) is 9.47 Å². The van der Waals surface area contributed by atoms with Gasteiger partial charge in [0.1, 0.15) is 23.9 Å². The number of nitrogens with zero attached hydrogens (tertiary/aromatic N) is 5. The standard InChI is InChI=1S/C27H34N6O4/c1-3-37-21-6-4-5-18(13-21)16-33-26-22(14-31-33)25(29-17-30-26)32-12-11-28-15-23(32)24(34)19-7-9-20(10-8-19)27(35)36-2/h4-6,13-14,17,19-20,23,28H,3,7-12,15-16H2,1-2H3/t19-,20-,23?. The summed E-state index contributed by atoms with van der Waals surface area (Å²) >= 11 is 0. The Bertz CT molecular complexity index is 1250. The lowest BCUT2D eigenvalue weighted by Crippen LogP contribution is -2.57. The molecule has 1 aliphatic heterocycles. The molecule has 3 aromatic rings. The molecule has 37 heavy (non-hydrogen) atoms. The van der Waals surface area contributed by atoms with Crippen molar-refractivity contribution >= 4 is 28.6 Å². The third-order valence-electron chi connectivity index (χ3n) is 7.46. The van der Waals surface area contributed by atoms with Crippen molar-refractivity contribution in [3.63, 3.8) is 0 Å². The van der Waals surface area contributed by atoms with E-state index >= 15 is 0 Å². The molecule has 0 amide bonds. The number of ether oxygens (including phenoxy) is 2. The van der Waals surface area contributed by atoms with Gasteiger partial charge in [-0.3, -0.25) is 9.59 Å². The van der Waals surface area contributed by atoms with E-state index < -0.39 is 0 Å². The van der Waals surface area contributed by atoms with E-state index in [1.807, 2.05) is 35.9 Å². The van der Waals surface area contributed by atoms with E-state index in [0.717, 1.165) is 34.7 Å². The first kappa shape index (κ1) is 25.1. The smallest absolute Gasteiger partial charge is 0.308 e. The number of benzene rings is 1. The molecule has 10 heteroatoms. The van der Waals surface area contributed by atoms with Gasteiger partial charge in [-0.25, -0.2) is 14.6 Å². The highest BCUT2D eigenvalue weighted by molar-refractivity contribution is 5.94. The fourth-order valence-corrected chi connectivity index (χ4v) is 5.56. The third kappa shape index (κ3) is 5.29. The van der Waals surface area contributed by atoms with E-state index in [1.54, 1.807) is 12.5 Å². The molecule has 1 N–H and O–H groups in total. The van der Waals surface area contributed by atoms with Crippen LogP contribution in [0.1, 0.15) is 38.2 Å². The van der Waals surface area contributed by atoms with E-state index in [0.29, 0.717) is 51.9 Å². The first-order chi connectivity index (χ1) is 18.1. The Morgan fingerprint density at radius 2 is 1.95 bits per heavy atom. The maximum absolute atomic E-state index is 13.7. The number of hydrogen-bond donors (Lipinski definition) is 1. The van der Waals surface area contributed by atoms with Crippen LogP contribution in [0, 0.1) is 11.8 Å². The molecule has 1 atom stereocenters. The number of piperazine rings is 1. The summed E-state index contributed by atoms with van der Waals surface area (Å²) < 4.78 is 12.4. The number of carbonyl (C=O) groups excluding carboxylic acids is 2. The SMILES string of the molecule is CCOc1cccc(Cn2ncc3c(N4CCNCC4C(=O)[C@H]4CC[C@H](C(=O)OC)CC4)ncnc32)c1. The average Bonchev–Trinajstić information content (AvgIpc) is 3.35. The number of anilines is 1. The summed E-state index contributed by atoms with van der Waals surface area (Å²) in [6.07, 6.45) is 6.15. The Morgan fingerprint density at radius 3 is 2.73 bits per heavy atom. The predicted molar refractivity (Wildman–Crippen MR) is 139 cm³/mol. The molecule has 0 radical (unpaired) electrons. The fraction of sp³-hybridized carbons (Fsp3) is 0.519. The number of carbonyl (C=O) groups is 2. The molecule has 2 aliphatic rings. The second kappa shape index (κ2) is 11.2. The van der Waals surface area contributed by atoms with Crippen LogP contribution in [0.3, 0.4) is 0 Å². The van der Waals surface area contributed by atoms with Crippen molar-refractivity contribution < 1.29 is 19.1 Å². The molecule has 2 fully saturated rings. The van der Waals surface area contributed by atoms with Gasteiger partial charge in [-0.15, -0.1) is 0 Å². The summed E-state index contributed by atoms with van der Waals surface area (Å²) in [6, 6.07) is 7.65. The highest BCUT2D eigenvalue weighted by atomic mass is 16.5. The highest BCUT2D eigenvalue weighted by Crippen LogP contribution is 2.33. The van der Waals surface area contributed by atoms with E-state index in [9.17, 15) is 9.59 Å². The van der Waals surface area contributed by atoms with Crippen molar-refractivity contribution in [3.05, 3.63) is 42.4 Å². The molecule has 0 spiro atoms. The van der Waals surface area contributed by atoms with Crippen LogP contribution in [0.25, 0.3) is 11.0 Å². The molecule has 1 aliphatic carbocycles. The summed E-state index contributed by atoms with van der Waals surface area (Å²) in [5, 5.41) is 8.83. The average molecular weight is 507 g/mol. The molecule has 0 bridgehead atoms. The Hall–Kier alpha value is -3.53. The number of ketones is 1. The van der Waals surface area contributed by atoms with Crippen molar-refractivity contribution in [2.24, 2.45) is 11.8 Å². The number of methoxy groups -OCH3 is 1. The molecule has 5 rings (SSSR count). The minimum atomic E-state index is -0.322. The van der Waals surface area contributed by atoms with Gasteiger partial charge in [-0.05, 0) is 50.3 Å². The predicted octanol–water partition coefficient (Wildman–Crippen LogP) is 2.60. The Morgan fingerprint density at radius 1 is 1.14 bits per heavy atom. The maximum Gasteiger partial charge on any atom is 0.308 e. The lowest BCUT2D eigenvalue weighted by molar-refractivity contribution is -0.147. The van der Waals surface area contributed by atoms with Crippen LogP contribution in [0.15, 0.2) is 36.8 Å². The lowest BCUT2D eigenvalue weighted by atomic mass is 9.78. The molecule has 2 aromatic heterocycles. The normalized spacial score (nSPS) is 22.1. The zero-order valence-electron chi connectivity index (χ0n) is 21.4. The minimum absolute atomic E-state index is 0.0639. The molecule has 10 nitrogen and oxygen atoms in total. The van der Waals surface area contributed by atoms with Crippen LogP contribution < -0.4 is 15.0 Å². The lowest BCUT2D eigenvalue weighted by Gasteiger charge is -2.39. The quantitative estimate of drug-likeness (QED) is 0.461. The summed E-state index contributed by atoms with van der Waals surface area (Å²) in [5.74, 6) is 1.44. The van der Waals surface area contributed by atoms with Gasteiger partial charge in [0.15, 0.2) is 11.4 Å². The Kier molecular flexibility index (Phi) is 7.64. The summed E-state index contributed by atoms with van der Waals surface area (Å²) in [4.78, 5) is 36.8. The van der Waals surface area contributed by atoms with Crippen LogP contribution in [0.4, 0.5) is 5.82 Å². The number of Topliss-reactive ketones (excluding diaryl/α,β-unsaturated/α-hetero) is 1. The van der Waals surface area contributed by atoms with Crippen LogP contribution >= 0.6 is 0 Å².